The summed E-state index contributed by atoms with van der Waals surface area (Å²) < 4.78 is 6.31. The Balaban J connectivity index is 0.000000146. The third kappa shape index (κ3) is 19.1. The van der Waals surface area contributed by atoms with Crippen LogP contribution < -0.4 is 30.7 Å². The van der Waals surface area contributed by atoms with Crippen LogP contribution in [0, 0.1) is 67.6 Å². The van der Waals surface area contributed by atoms with E-state index in [0.29, 0.717) is 92.3 Å². The third-order valence-electron chi connectivity index (χ3n) is 24.8. The number of hydrogen-bond acceptors (Lipinski definition) is 22. The number of β-amino-alcohol motifs (C(OH)–C–C–N with tert-alkyl or cyclic N) is 1. The molecule has 0 radical (unpaired) electrons. The third-order valence-corrected chi connectivity index (χ3v) is 26.7. The molecular weight excluding hydrogens is 1490 g/mol. The number of aliphatic hydroxyl groups excluding tert-OH is 1. The smallest absolute Gasteiger partial charge is 0.343 e. The first-order valence-electron chi connectivity index (χ1n) is 40.1. The van der Waals surface area contributed by atoms with Gasteiger partial charge in [0.2, 0.25) is 17.8 Å². The van der Waals surface area contributed by atoms with Crippen LogP contribution in [0.15, 0.2) is 78.4 Å². The average Bonchev–Trinajstić information content (AvgIpc) is 1.76. The zero-order valence-electron chi connectivity index (χ0n) is 65.9. The number of rotatable bonds is 24. The molecule has 23 nitrogen and oxygen atoms in total. The van der Waals surface area contributed by atoms with Crippen molar-refractivity contribution in [3.05, 3.63) is 138 Å². The number of nitrogens with one attached hydrogen (secondary N) is 3. The highest BCUT2D eigenvalue weighted by molar-refractivity contribution is 7.17. The number of nitrogens with zero attached hydrogens (tertiary/aromatic N) is 12. The Morgan fingerprint density at radius 2 is 1.06 bits per heavy atom. The van der Waals surface area contributed by atoms with Crippen LogP contribution in [0.3, 0.4) is 0 Å². The number of hydrogen-bond donors (Lipinski definition) is 7. The fourth-order valence-electron chi connectivity index (χ4n) is 17.7. The molecule has 7 N–H and O–H groups in total. The van der Waals surface area contributed by atoms with Crippen LogP contribution in [0.1, 0.15) is 180 Å². The number of carbonyl (C=O) groups excluding carboxylic acids is 1. The van der Waals surface area contributed by atoms with Crippen molar-refractivity contribution in [1.82, 2.24) is 44.6 Å². The zero-order chi connectivity index (χ0) is 78.7. The molecule has 8 aliphatic rings. The Bertz CT molecular complexity index is 4420. The van der Waals surface area contributed by atoms with Crippen molar-refractivity contribution in [2.45, 2.75) is 169 Å². The molecule has 4 aromatic heterocycles. The number of aliphatic carboxylic acids is 2. The molecule has 598 valence electrons. The summed E-state index contributed by atoms with van der Waals surface area (Å²) >= 11 is 21.2. The van der Waals surface area contributed by atoms with Gasteiger partial charge in [0.05, 0.1) is 58.5 Å². The summed E-state index contributed by atoms with van der Waals surface area (Å²) in [6, 6.07) is 20.8. The lowest BCUT2D eigenvalue weighted by Crippen LogP contribution is -2.58. The normalized spacial score (nSPS) is 24.2. The number of likely N-dealkylation sites (tertiary alicyclic amines) is 3. The predicted octanol–water partition coefficient (Wildman–Crippen LogP) is 15.0. The van der Waals surface area contributed by atoms with E-state index in [-0.39, 0.29) is 37.3 Å². The van der Waals surface area contributed by atoms with Crippen molar-refractivity contribution in [2.24, 2.45) is 46.8 Å². The number of carboxylic acids is 2. The van der Waals surface area contributed by atoms with E-state index in [1.54, 1.807) is 44.5 Å². The van der Waals surface area contributed by atoms with Crippen molar-refractivity contribution in [1.29, 1.82) is 0 Å². The lowest BCUT2D eigenvalue weighted by molar-refractivity contribution is -0.158. The van der Waals surface area contributed by atoms with Crippen LogP contribution in [0.2, 0.25) is 15.1 Å². The van der Waals surface area contributed by atoms with Crippen molar-refractivity contribution in [2.75, 3.05) is 129 Å². The summed E-state index contributed by atoms with van der Waals surface area (Å²) in [7, 11) is 0. The van der Waals surface area contributed by atoms with Crippen molar-refractivity contribution >= 4 is 110 Å². The highest BCUT2D eigenvalue weighted by atomic mass is 35.5. The van der Waals surface area contributed by atoms with E-state index in [1.165, 1.54) is 38.5 Å². The number of fused-ring (bicyclic) bond motifs is 1. The molecule has 15 rings (SSSR count). The monoisotopic (exact) mass is 1600 g/mol. The second-order valence-electron chi connectivity index (χ2n) is 33.6. The molecular formula is C84H112Cl3N15O8S. The molecule has 0 bridgehead atoms. The first-order chi connectivity index (χ1) is 53.1. The molecule has 111 heavy (non-hydrogen) atoms. The number of aliphatic hydroxyl groups is 2. The van der Waals surface area contributed by atoms with E-state index in [1.807, 2.05) is 84.0 Å². The zero-order valence-corrected chi connectivity index (χ0v) is 69.0. The lowest BCUT2D eigenvalue weighted by atomic mass is 9.65. The number of benzene rings is 3. The van der Waals surface area contributed by atoms with Gasteiger partial charge in [-0.05, 0) is 252 Å². The Labute approximate surface area is 672 Å². The largest absolute Gasteiger partial charge is 0.481 e. The number of anilines is 6. The number of aromatic nitrogens is 6. The summed E-state index contributed by atoms with van der Waals surface area (Å²) in [6.07, 6.45) is 13.7. The minimum absolute atomic E-state index is 0.0192. The molecule has 2 aliphatic carbocycles. The second kappa shape index (κ2) is 35.2. The molecule has 10 heterocycles. The van der Waals surface area contributed by atoms with E-state index < -0.39 is 28.9 Å². The van der Waals surface area contributed by atoms with Crippen LogP contribution >= 0.6 is 46.1 Å². The topological polar surface area (TPSA) is 274 Å². The number of carbonyl (C=O) groups is 3. The fourth-order valence-corrected chi connectivity index (χ4v) is 19.7. The summed E-state index contributed by atoms with van der Waals surface area (Å²) in [5.74, 6) is 5.86. The quantitative estimate of drug-likeness (QED) is 0.0277. The van der Waals surface area contributed by atoms with E-state index in [9.17, 15) is 34.8 Å². The van der Waals surface area contributed by atoms with Gasteiger partial charge in [0.25, 0.3) is 0 Å². The summed E-state index contributed by atoms with van der Waals surface area (Å²) in [6.45, 7) is 32.7. The molecule has 6 saturated heterocycles. The average molecular weight is 1600 g/mol. The number of aryl methyl sites for hydroxylation is 3. The van der Waals surface area contributed by atoms with Crippen LogP contribution in [0.5, 0.6) is 0 Å². The van der Waals surface area contributed by atoms with Gasteiger partial charge in [-0.15, -0.1) is 11.3 Å². The standard InChI is InChI=1S/C30H42ClN5O3.C28H34ClN5O2S.C26H36ClN5O3/c1-18-8-9-23(25(31)11-18)19(2)33-26-24(29(3,4)39)14-32-28(34-26)36-16-21(17-36)20-7-6-10-35(15-20)22-12-30(5,13-22)27(37)38;1-16-5-6-22(23(29)10-16)17(2)30-26-25-24(7-9-37-25)31-28(32-26)34-14-20(15-34)18-4-3-8-33(13-18)21-11-19(12-21)27(35)36;1-4-35-25(34)22-13-28-26(30-24(22)29-18(3)21-8-7-17(2)12-23(21)27)32-15-20(16-32)19-6-5-9-31(14-19)10-11-33/h8-9,11,14,19-22,39H,6-7,10,12-13,15-17H2,1-5H3,(H,37,38)(H,32,33,34);5-7,9-10,17-21H,3-4,8,11-15H2,1-2H3,(H,35,36)(H,30,31,32);7-8,12-13,18-20,33H,4-6,9-11,14-16H2,1-3H3,(H,28,29,30)/t19-,20+,22?,30?;17-,18+,19?,21?;18-,19+/m111/s1. The second-order valence-corrected chi connectivity index (χ2v) is 35.8. The lowest BCUT2D eigenvalue weighted by Gasteiger charge is -2.52. The first kappa shape index (κ1) is 81.7. The number of ether oxygens (including phenoxy) is 1. The molecule has 8 fully saturated rings. The van der Waals surface area contributed by atoms with E-state index in [0.717, 1.165) is 171 Å². The van der Waals surface area contributed by atoms with E-state index >= 15 is 0 Å². The van der Waals surface area contributed by atoms with Gasteiger partial charge >= 0.3 is 17.9 Å². The maximum Gasteiger partial charge on any atom is 0.343 e. The van der Waals surface area contributed by atoms with E-state index in [2.05, 4.69) is 85.8 Å². The molecule has 2 saturated carbocycles. The molecule has 6 atom stereocenters. The van der Waals surface area contributed by atoms with E-state index in [4.69, 9.17) is 59.5 Å². The molecule has 6 aliphatic heterocycles. The highest BCUT2D eigenvalue weighted by Gasteiger charge is 2.50. The maximum atomic E-state index is 12.6. The Morgan fingerprint density at radius 1 is 0.604 bits per heavy atom. The van der Waals surface area contributed by atoms with Gasteiger partial charge < -0.3 is 70.5 Å². The number of piperidine rings is 3. The molecule has 0 spiro atoms. The molecule has 3 aromatic carbocycles. The first-order valence-corrected chi connectivity index (χ1v) is 42.1. The molecule has 0 amide bonds. The van der Waals surface area contributed by atoms with Gasteiger partial charge in [0, 0.05) is 111 Å². The summed E-state index contributed by atoms with van der Waals surface area (Å²) in [5, 5.41) is 53.5. The SMILES string of the molecule is CCOC(=O)c1cnc(N2CC([C@H]3CCCN(CCO)C3)C2)nc1N[C@H](C)c1ccc(C)cc1Cl.Cc1ccc([C@@H](C)Nc2nc(N3CC([C@H]4CCCN(C5CC(C(=O)O)C5)C4)C3)nc3ccsc23)c(Cl)c1.Cc1ccc([C@@H](C)Nc2nc(N3CC([C@H]4CCCN(C5CC(C)(C(=O)O)C5)C4)C3)ncc2C(C)(C)O)c(Cl)c1. The van der Waals surface area contributed by atoms with Gasteiger partial charge in [-0.2, -0.15) is 15.0 Å². The fraction of sp³-hybridized carbons (Fsp3) is 0.583. The van der Waals surface area contributed by atoms with Crippen molar-refractivity contribution in [3.8, 4) is 0 Å². The maximum absolute atomic E-state index is 12.6. The van der Waals surface area contributed by atoms with Gasteiger partial charge in [0.1, 0.15) is 23.0 Å². The number of carboxylic acid groups (broad SMARTS) is 2. The van der Waals surface area contributed by atoms with Gasteiger partial charge in [-0.25, -0.2) is 19.7 Å². The molecule has 7 aromatic rings. The van der Waals surface area contributed by atoms with Crippen LogP contribution in [-0.2, 0) is 19.9 Å². The number of esters is 1. The van der Waals surface area contributed by atoms with Gasteiger partial charge in [-0.3, -0.25) is 9.59 Å². The summed E-state index contributed by atoms with van der Waals surface area (Å²) in [4.78, 5) is 78.1. The minimum Gasteiger partial charge on any atom is -0.481 e. The van der Waals surface area contributed by atoms with Crippen molar-refractivity contribution < 1.29 is 39.5 Å². The minimum atomic E-state index is -1.10. The molecule has 0 unspecified atom stereocenters. The number of halogens is 3. The Morgan fingerprint density at radius 3 is 1.55 bits per heavy atom. The number of thiophene rings is 1. The predicted molar refractivity (Wildman–Crippen MR) is 442 cm³/mol. The van der Waals surface area contributed by atoms with Crippen molar-refractivity contribution in [3.63, 3.8) is 0 Å². The molecule has 27 heteroatoms. The summed E-state index contributed by atoms with van der Waals surface area (Å²) in [5.41, 5.74) is 6.61. The van der Waals surface area contributed by atoms with Crippen LogP contribution in [-0.4, -0.2) is 193 Å². The highest BCUT2D eigenvalue weighted by Crippen LogP contribution is 2.47. The van der Waals surface area contributed by atoms with Gasteiger partial charge in [0.15, 0.2) is 0 Å². The van der Waals surface area contributed by atoms with Crippen LogP contribution in [0.25, 0.3) is 10.2 Å². The van der Waals surface area contributed by atoms with Crippen LogP contribution in [0.4, 0.5) is 35.3 Å². The Kier molecular flexibility index (Phi) is 25.9. The Hall–Kier alpha value is -7.26. The van der Waals surface area contributed by atoms with Gasteiger partial charge in [-0.1, -0.05) is 71.2 Å².